The molecule has 0 aromatic heterocycles. The van der Waals surface area contributed by atoms with Gasteiger partial charge in [-0.3, -0.25) is 4.90 Å². The Morgan fingerprint density at radius 3 is 2.66 bits per heavy atom. The van der Waals surface area contributed by atoms with E-state index in [1.807, 2.05) is 30.3 Å². The van der Waals surface area contributed by atoms with Crippen LogP contribution in [-0.2, 0) is 17.9 Å². The normalized spacial score (nSPS) is 22.5. The Kier molecular flexibility index (Phi) is 8.07. The van der Waals surface area contributed by atoms with Crippen molar-refractivity contribution in [1.29, 1.82) is 0 Å². The quantitative estimate of drug-likeness (QED) is 0.601. The van der Waals surface area contributed by atoms with Crippen molar-refractivity contribution < 1.29 is 19.7 Å². The molecule has 0 unspecified atom stereocenters. The summed E-state index contributed by atoms with van der Waals surface area (Å²) in [6.07, 6.45) is 1.80. The second-order valence-corrected chi connectivity index (χ2v) is 8.05. The van der Waals surface area contributed by atoms with Gasteiger partial charge in [0.1, 0.15) is 12.4 Å². The van der Waals surface area contributed by atoms with Crippen molar-refractivity contribution >= 4 is 0 Å². The van der Waals surface area contributed by atoms with Gasteiger partial charge in [-0.25, -0.2) is 0 Å². The van der Waals surface area contributed by atoms with E-state index in [1.54, 1.807) is 7.11 Å². The van der Waals surface area contributed by atoms with Crippen LogP contribution in [-0.4, -0.2) is 54.6 Å². The Labute approximate surface area is 173 Å². The third kappa shape index (κ3) is 6.03. The highest BCUT2D eigenvalue weighted by molar-refractivity contribution is 5.29. The molecule has 2 aromatic rings. The molecule has 0 amide bonds. The molecule has 0 spiro atoms. The van der Waals surface area contributed by atoms with Crippen LogP contribution in [0.25, 0.3) is 0 Å². The van der Waals surface area contributed by atoms with Crippen molar-refractivity contribution in [2.45, 2.75) is 38.5 Å². The molecule has 29 heavy (non-hydrogen) atoms. The number of aliphatic hydroxyl groups is 2. The van der Waals surface area contributed by atoms with Gasteiger partial charge < -0.3 is 19.7 Å². The van der Waals surface area contributed by atoms with Gasteiger partial charge in [-0.1, -0.05) is 42.5 Å². The van der Waals surface area contributed by atoms with Crippen LogP contribution in [0.5, 0.6) is 5.75 Å². The molecule has 1 saturated heterocycles. The summed E-state index contributed by atoms with van der Waals surface area (Å²) in [6.45, 7) is 3.48. The van der Waals surface area contributed by atoms with Gasteiger partial charge in [-0.05, 0) is 42.5 Å². The van der Waals surface area contributed by atoms with E-state index in [9.17, 15) is 10.2 Å². The van der Waals surface area contributed by atoms with Gasteiger partial charge in [0, 0.05) is 38.8 Å². The number of piperidine rings is 1. The van der Waals surface area contributed by atoms with Crippen LogP contribution in [0.3, 0.4) is 0 Å². The summed E-state index contributed by atoms with van der Waals surface area (Å²) >= 11 is 0. The number of aliphatic hydroxyl groups excluding tert-OH is 2. The van der Waals surface area contributed by atoms with E-state index in [0.717, 1.165) is 37.2 Å². The third-order valence-electron chi connectivity index (χ3n) is 5.86. The van der Waals surface area contributed by atoms with Crippen molar-refractivity contribution in [2.24, 2.45) is 5.41 Å². The van der Waals surface area contributed by atoms with Crippen LogP contribution < -0.4 is 4.74 Å². The summed E-state index contributed by atoms with van der Waals surface area (Å²) in [7, 11) is 1.68. The lowest BCUT2D eigenvalue weighted by molar-refractivity contribution is -0.0843. The van der Waals surface area contributed by atoms with Crippen LogP contribution in [0.2, 0.25) is 0 Å². The van der Waals surface area contributed by atoms with Crippen molar-refractivity contribution in [3.8, 4) is 5.75 Å². The van der Waals surface area contributed by atoms with Crippen molar-refractivity contribution in [1.82, 2.24) is 4.90 Å². The first-order valence-corrected chi connectivity index (χ1v) is 10.4. The van der Waals surface area contributed by atoms with E-state index in [-0.39, 0.29) is 6.61 Å². The number of likely N-dealkylation sites (tertiary alicyclic amines) is 1. The average molecular weight is 400 g/mol. The van der Waals surface area contributed by atoms with Crippen LogP contribution in [0.1, 0.15) is 30.4 Å². The number of benzene rings is 2. The number of methoxy groups -OCH3 is 1. The predicted molar refractivity (Wildman–Crippen MR) is 114 cm³/mol. The molecule has 5 heteroatoms. The molecule has 3 rings (SSSR count). The maximum absolute atomic E-state index is 10.6. The summed E-state index contributed by atoms with van der Waals surface area (Å²) in [5.74, 6) is 0.858. The smallest absolute Gasteiger partial charge is 0.120 e. The number of rotatable bonds is 10. The van der Waals surface area contributed by atoms with Gasteiger partial charge in [0.25, 0.3) is 0 Å². The highest BCUT2D eigenvalue weighted by Crippen LogP contribution is 2.35. The first-order chi connectivity index (χ1) is 14.1. The summed E-state index contributed by atoms with van der Waals surface area (Å²) in [4.78, 5) is 2.33. The van der Waals surface area contributed by atoms with E-state index >= 15 is 0 Å². The Morgan fingerprint density at radius 2 is 1.90 bits per heavy atom. The number of ether oxygens (including phenoxy) is 2. The van der Waals surface area contributed by atoms with E-state index < -0.39 is 11.5 Å². The fourth-order valence-corrected chi connectivity index (χ4v) is 4.16. The largest absolute Gasteiger partial charge is 0.489 e. The van der Waals surface area contributed by atoms with E-state index in [2.05, 4.69) is 29.2 Å². The van der Waals surface area contributed by atoms with E-state index in [0.29, 0.717) is 26.2 Å². The molecule has 2 atom stereocenters. The fraction of sp³-hybridized carbons (Fsp3) is 0.500. The van der Waals surface area contributed by atoms with Crippen molar-refractivity contribution in [3.05, 3.63) is 65.7 Å². The molecular weight excluding hydrogens is 366 g/mol. The van der Waals surface area contributed by atoms with Gasteiger partial charge in [-0.2, -0.15) is 0 Å². The standard InChI is InChI=1S/C24H33NO4/c1-28-14-6-12-24(19-26)18-25(13-11-23(24)27)16-21-9-5-10-22(15-21)29-17-20-7-3-2-4-8-20/h2-5,7-10,15,23,26-27H,6,11-14,16-19H2,1H3/t23-,24+/m1/s1. The summed E-state index contributed by atoms with van der Waals surface area (Å²) in [6, 6.07) is 18.3. The molecule has 0 aliphatic carbocycles. The molecule has 0 bridgehead atoms. The van der Waals surface area contributed by atoms with E-state index in [1.165, 1.54) is 5.56 Å². The fourth-order valence-electron chi connectivity index (χ4n) is 4.16. The third-order valence-corrected chi connectivity index (χ3v) is 5.86. The van der Waals surface area contributed by atoms with Crippen LogP contribution >= 0.6 is 0 Å². The zero-order chi connectivity index (χ0) is 20.5. The zero-order valence-corrected chi connectivity index (χ0v) is 17.3. The topological polar surface area (TPSA) is 62.2 Å². The minimum absolute atomic E-state index is 0.00535. The average Bonchev–Trinajstić information content (AvgIpc) is 2.76. The predicted octanol–water partition coefficient (Wildman–Crippen LogP) is 3.24. The second kappa shape index (κ2) is 10.7. The Morgan fingerprint density at radius 1 is 1.10 bits per heavy atom. The molecular formula is C24H33NO4. The Balaban J connectivity index is 1.60. The number of hydrogen-bond donors (Lipinski definition) is 2. The first-order valence-electron chi connectivity index (χ1n) is 10.4. The molecule has 0 saturated carbocycles. The summed E-state index contributed by atoms with van der Waals surface area (Å²) < 4.78 is 11.1. The SMILES string of the molecule is COCCC[C@@]1(CO)CN(Cc2cccc(OCc3ccccc3)c2)CC[C@H]1O. The monoisotopic (exact) mass is 399 g/mol. The molecule has 0 radical (unpaired) electrons. The molecule has 1 fully saturated rings. The van der Waals surface area contributed by atoms with Gasteiger partial charge in [0.05, 0.1) is 12.7 Å². The lowest BCUT2D eigenvalue weighted by Crippen LogP contribution is -2.53. The molecule has 158 valence electrons. The highest BCUT2D eigenvalue weighted by Gasteiger charge is 2.41. The van der Waals surface area contributed by atoms with Crippen LogP contribution in [0, 0.1) is 5.41 Å². The van der Waals surface area contributed by atoms with Crippen molar-refractivity contribution in [2.75, 3.05) is 33.4 Å². The molecule has 2 aromatic carbocycles. The molecule has 1 aliphatic rings. The summed E-state index contributed by atoms with van der Waals surface area (Å²) in [5.41, 5.74) is 1.85. The van der Waals surface area contributed by atoms with Crippen LogP contribution in [0.4, 0.5) is 0 Å². The van der Waals surface area contributed by atoms with Gasteiger partial charge in [0.2, 0.25) is 0 Å². The van der Waals surface area contributed by atoms with Crippen LogP contribution in [0.15, 0.2) is 54.6 Å². The van der Waals surface area contributed by atoms with Gasteiger partial charge in [0.15, 0.2) is 0 Å². The van der Waals surface area contributed by atoms with Crippen molar-refractivity contribution in [3.63, 3.8) is 0 Å². The van der Waals surface area contributed by atoms with Gasteiger partial charge in [-0.15, -0.1) is 0 Å². The number of nitrogens with zero attached hydrogens (tertiary/aromatic N) is 1. The minimum Gasteiger partial charge on any atom is -0.489 e. The number of hydrogen-bond acceptors (Lipinski definition) is 5. The molecule has 2 N–H and O–H groups in total. The molecule has 1 heterocycles. The Bertz CT molecular complexity index is 739. The summed E-state index contributed by atoms with van der Waals surface area (Å²) in [5, 5.41) is 20.6. The molecule has 1 aliphatic heterocycles. The van der Waals surface area contributed by atoms with Gasteiger partial charge >= 0.3 is 0 Å². The zero-order valence-electron chi connectivity index (χ0n) is 17.3. The first kappa shape index (κ1) is 21.8. The van der Waals surface area contributed by atoms with E-state index in [4.69, 9.17) is 9.47 Å². The second-order valence-electron chi connectivity index (χ2n) is 8.05. The Hall–Kier alpha value is -1.92. The lowest BCUT2D eigenvalue weighted by atomic mass is 9.74. The maximum Gasteiger partial charge on any atom is 0.120 e. The maximum atomic E-state index is 10.6. The molecule has 5 nitrogen and oxygen atoms in total. The lowest BCUT2D eigenvalue weighted by Gasteiger charge is -2.45. The highest BCUT2D eigenvalue weighted by atomic mass is 16.5. The minimum atomic E-state index is -0.474.